The van der Waals surface area contributed by atoms with E-state index >= 15 is 0 Å². The second-order valence-corrected chi connectivity index (χ2v) is 9.34. The fraction of sp³-hybridized carbons (Fsp3) is 0.333. The molecule has 4 rings (SSSR count). The van der Waals surface area contributed by atoms with Gasteiger partial charge in [0.25, 0.3) is 5.91 Å². The summed E-state index contributed by atoms with van der Waals surface area (Å²) in [4.78, 5) is 31.2. The first-order valence-corrected chi connectivity index (χ1v) is 12.5. The van der Waals surface area contributed by atoms with Gasteiger partial charge in [0.05, 0.1) is 19.8 Å². The Morgan fingerprint density at radius 3 is 2.56 bits per heavy atom. The first-order chi connectivity index (χ1) is 17.5. The minimum Gasteiger partial charge on any atom is -0.493 e. The summed E-state index contributed by atoms with van der Waals surface area (Å²) in [5, 5.41) is 2.03. The Morgan fingerprint density at radius 1 is 1.08 bits per heavy atom. The Balaban J connectivity index is 1.53. The molecule has 0 aliphatic carbocycles. The molecular weight excluding hydrogens is 483 g/mol. The highest BCUT2D eigenvalue weighted by Crippen LogP contribution is 2.35. The van der Waals surface area contributed by atoms with Gasteiger partial charge in [0.1, 0.15) is 19.0 Å². The van der Waals surface area contributed by atoms with Gasteiger partial charge in [-0.05, 0) is 59.8 Å². The molecule has 1 aliphatic heterocycles. The number of carbonyl (C=O) groups excluding carboxylic acids is 2. The standard InChI is InChI=1S/C27H29FN2O5S/c1-33-15-14-29(27(32)19-7-9-20(28)10-8-19)17-26(31)30-13-11-25-21(12-16-36-25)22(30)18-35-24-6-4-3-5-23(24)34-2/h3-10,12,16,22H,11,13-15,17-18H2,1-2H3. The number of carbonyl (C=O) groups is 2. The van der Waals surface area contributed by atoms with E-state index in [4.69, 9.17) is 14.2 Å². The van der Waals surface area contributed by atoms with Crippen LogP contribution in [0.1, 0.15) is 26.8 Å². The molecule has 190 valence electrons. The molecule has 1 atom stereocenters. The summed E-state index contributed by atoms with van der Waals surface area (Å²) in [5.41, 5.74) is 1.37. The Labute approximate surface area is 214 Å². The van der Waals surface area contributed by atoms with Crippen molar-refractivity contribution in [2.75, 3.05) is 47.1 Å². The third-order valence-corrected chi connectivity index (χ3v) is 7.15. The second kappa shape index (κ2) is 12.0. The first-order valence-electron chi connectivity index (χ1n) is 11.7. The first kappa shape index (κ1) is 25.7. The zero-order valence-electron chi connectivity index (χ0n) is 20.3. The number of nitrogens with zero attached hydrogens (tertiary/aromatic N) is 2. The molecule has 0 spiro atoms. The molecule has 9 heteroatoms. The summed E-state index contributed by atoms with van der Waals surface area (Å²) in [6.45, 7) is 1.16. The molecular formula is C27H29FN2O5S. The van der Waals surface area contributed by atoms with E-state index in [1.165, 1.54) is 41.2 Å². The van der Waals surface area contributed by atoms with Gasteiger partial charge >= 0.3 is 0 Å². The number of methoxy groups -OCH3 is 2. The Morgan fingerprint density at radius 2 is 1.83 bits per heavy atom. The second-order valence-electron chi connectivity index (χ2n) is 8.34. The fourth-order valence-corrected chi connectivity index (χ4v) is 5.19. The van der Waals surface area contributed by atoms with Crippen molar-refractivity contribution in [3.8, 4) is 11.5 Å². The molecule has 7 nitrogen and oxygen atoms in total. The number of amides is 2. The molecule has 36 heavy (non-hydrogen) atoms. The van der Waals surface area contributed by atoms with Gasteiger partial charge in [-0.1, -0.05) is 12.1 Å². The predicted octanol–water partition coefficient (Wildman–Crippen LogP) is 4.19. The highest BCUT2D eigenvalue weighted by atomic mass is 32.1. The Bertz CT molecular complexity index is 1180. The van der Waals surface area contributed by atoms with E-state index in [0.29, 0.717) is 23.6 Å². The van der Waals surface area contributed by atoms with Gasteiger partial charge in [-0.15, -0.1) is 11.3 Å². The SMILES string of the molecule is COCCN(CC(=O)N1CCc2sccc2C1COc1ccccc1OC)C(=O)c1ccc(F)cc1. The highest BCUT2D eigenvalue weighted by molar-refractivity contribution is 7.10. The number of ether oxygens (including phenoxy) is 3. The van der Waals surface area contributed by atoms with Crippen LogP contribution in [0, 0.1) is 5.82 Å². The van der Waals surface area contributed by atoms with Crippen LogP contribution in [0.4, 0.5) is 4.39 Å². The monoisotopic (exact) mass is 512 g/mol. The normalized spacial score (nSPS) is 14.8. The lowest BCUT2D eigenvalue weighted by Crippen LogP contribution is -2.48. The molecule has 2 heterocycles. The van der Waals surface area contributed by atoms with E-state index < -0.39 is 5.82 Å². The number of hydrogen-bond acceptors (Lipinski definition) is 6. The molecule has 0 saturated heterocycles. The van der Waals surface area contributed by atoms with Crippen molar-refractivity contribution in [2.45, 2.75) is 12.5 Å². The summed E-state index contributed by atoms with van der Waals surface area (Å²) in [5.74, 6) is 0.252. The molecule has 1 aromatic heterocycles. The molecule has 1 unspecified atom stereocenters. The molecule has 0 saturated carbocycles. The summed E-state index contributed by atoms with van der Waals surface area (Å²) < 4.78 is 30.0. The molecule has 3 aromatic rings. The van der Waals surface area contributed by atoms with Crippen LogP contribution in [0.5, 0.6) is 11.5 Å². The Kier molecular flexibility index (Phi) is 8.56. The average Bonchev–Trinajstić information content (AvgIpc) is 3.39. The van der Waals surface area contributed by atoms with Crippen molar-refractivity contribution in [3.63, 3.8) is 0 Å². The quantitative estimate of drug-likeness (QED) is 0.408. The summed E-state index contributed by atoms with van der Waals surface area (Å²) in [7, 11) is 3.12. The third-order valence-electron chi connectivity index (χ3n) is 6.15. The van der Waals surface area contributed by atoms with E-state index in [1.54, 1.807) is 23.3 Å². The smallest absolute Gasteiger partial charge is 0.254 e. The molecule has 2 aromatic carbocycles. The molecule has 0 fully saturated rings. The van der Waals surface area contributed by atoms with Gasteiger partial charge in [-0.25, -0.2) is 4.39 Å². The minimum atomic E-state index is -0.427. The van der Waals surface area contributed by atoms with E-state index in [9.17, 15) is 14.0 Å². The average molecular weight is 513 g/mol. The van der Waals surface area contributed by atoms with Crippen molar-refractivity contribution in [1.82, 2.24) is 9.80 Å². The molecule has 0 N–H and O–H groups in total. The van der Waals surface area contributed by atoms with Crippen molar-refractivity contribution in [2.24, 2.45) is 0 Å². The lowest BCUT2D eigenvalue weighted by molar-refractivity contribution is -0.135. The zero-order chi connectivity index (χ0) is 25.5. The highest BCUT2D eigenvalue weighted by Gasteiger charge is 2.33. The van der Waals surface area contributed by atoms with Crippen LogP contribution in [-0.4, -0.2) is 68.7 Å². The van der Waals surface area contributed by atoms with Crippen LogP contribution >= 0.6 is 11.3 Å². The van der Waals surface area contributed by atoms with Gasteiger partial charge in [0, 0.05) is 30.6 Å². The van der Waals surface area contributed by atoms with Crippen LogP contribution in [0.15, 0.2) is 60.0 Å². The van der Waals surface area contributed by atoms with Gasteiger partial charge in [0.2, 0.25) is 5.91 Å². The van der Waals surface area contributed by atoms with Crippen molar-refractivity contribution in [1.29, 1.82) is 0 Å². The number of halogens is 1. The zero-order valence-corrected chi connectivity index (χ0v) is 21.1. The molecule has 1 aliphatic rings. The lowest BCUT2D eigenvalue weighted by Gasteiger charge is -2.37. The van der Waals surface area contributed by atoms with E-state index in [0.717, 1.165) is 12.0 Å². The van der Waals surface area contributed by atoms with Gasteiger partial charge in [-0.3, -0.25) is 9.59 Å². The maximum absolute atomic E-state index is 13.6. The van der Waals surface area contributed by atoms with Crippen LogP contribution in [0.25, 0.3) is 0 Å². The topological polar surface area (TPSA) is 68.3 Å². The number of thiophene rings is 1. The van der Waals surface area contributed by atoms with E-state index in [2.05, 4.69) is 0 Å². The summed E-state index contributed by atoms with van der Waals surface area (Å²) in [6, 6.07) is 14.4. The number of para-hydroxylation sites is 2. The summed E-state index contributed by atoms with van der Waals surface area (Å²) >= 11 is 1.67. The predicted molar refractivity (Wildman–Crippen MR) is 135 cm³/mol. The van der Waals surface area contributed by atoms with Gasteiger partial charge in [0.15, 0.2) is 11.5 Å². The molecule has 0 bridgehead atoms. The maximum atomic E-state index is 13.6. The Hall–Kier alpha value is -3.43. The van der Waals surface area contributed by atoms with Crippen molar-refractivity contribution < 1.29 is 28.2 Å². The van der Waals surface area contributed by atoms with Crippen LogP contribution in [0.3, 0.4) is 0 Å². The third kappa shape index (κ3) is 5.85. The molecule has 2 amide bonds. The van der Waals surface area contributed by atoms with Crippen LogP contribution in [0.2, 0.25) is 0 Å². The van der Waals surface area contributed by atoms with Gasteiger partial charge in [-0.2, -0.15) is 0 Å². The largest absolute Gasteiger partial charge is 0.493 e. The number of hydrogen-bond donors (Lipinski definition) is 0. The van der Waals surface area contributed by atoms with Crippen LogP contribution in [-0.2, 0) is 16.0 Å². The maximum Gasteiger partial charge on any atom is 0.254 e. The van der Waals surface area contributed by atoms with Gasteiger partial charge < -0.3 is 24.0 Å². The molecule has 0 radical (unpaired) electrons. The summed E-state index contributed by atoms with van der Waals surface area (Å²) in [6.07, 6.45) is 0.744. The van der Waals surface area contributed by atoms with E-state index in [1.807, 2.05) is 35.7 Å². The lowest BCUT2D eigenvalue weighted by atomic mass is 10.0. The minimum absolute atomic E-state index is 0.121. The number of rotatable bonds is 10. The van der Waals surface area contributed by atoms with E-state index in [-0.39, 0.29) is 44.2 Å². The van der Waals surface area contributed by atoms with Crippen molar-refractivity contribution in [3.05, 3.63) is 81.8 Å². The van der Waals surface area contributed by atoms with Crippen LogP contribution < -0.4 is 9.47 Å². The number of fused-ring (bicyclic) bond motifs is 1. The fourth-order valence-electron chi connectivity index (χ4n) is 4.26. The number of benzene rings is 2. The van der Waals surface area contributed by atoms with Crippen molar-refractivity contribution >= 4 is 23.2 Å².